The van der Waals surface area contributed by atoms with Crippen LogP contribution < -0.4 is 0 Å². The molecule has 0 aromatic carbocycles. The summed E-state index contributed by atoms with van der Waals surface area (Å²) < 4.78 is 0. The van der Waals surface area contributed by atoms with Crippen LogP contribution in [-0.2, 0) is 6.42 Å². The third kappa shape index (κ3) is 4.93. The highest BCUT2D eigenvalue weighted by atomic mass is 16.4. The van der Waals surface area contributed by atoms with E-state index >= 15 is 0 Å². The Kier molecular flexibility index (Phi) is 7.05. The molecule has 7 N–H and O–H groups in total. The second-order valence-corrected chi connectivity index (χ2v) is 4.64. The monoisotopic (exact) mass is 304 g/mol. The fraction of sp³-hybridized carbons (Fsp3) is 0.667. The first-order valence-electron chi connectivity index (χ1n) is 6.33. The first kappa shape index (κ1) is 17.9. The molecule has 0 fully saturated rings. The molecule has 1 heterocycles. The molecule has 0 bridgehead atoms. The first-order chi connectivity index (χ1) is 9.90. The Labute approximate surface area is 120 Å². The molecule has 0 radical (unpaired) electrons. The smallest absolute Gasteiger partial charge is 0.126 e. The molecule has 0 saturated heterocycles. The molecular formula is C12H20N2O7. The molecule has 9 heteroatoms. The van der Waals surface area contributed by atoms with Gasteiger partial charge >= 0.3 is 0 Å². The summed E-state index contributed by atoms with van der Waals surface area (Å²) in [5.41, 5.74) is 0.162. The number of aliphatic hydroxyl groups is 7. The number of aliphatic hydroxyl groups excluding tert-OH is 7. The van der Waals surface area contributed by atoms with Crippen molar-refractivity contribution in [1.29, 1.82) is 0 Å². The Morgan fingerprint density at radius 3 is 2.05 bits per heavy atom. The number of aromatic nitrogens is 2. The Morgan fingerprint density at radius 2 is 1.48 bits per heavy atom. The average Bonchev–Trinajstić information content (AvgIpc) is 2.51. The minimum Gasteiger partial charge on any atom is -0.394 e. The van der Waals surface area contributed by atoms with Gasteiger partial charge in [-0.25, -0.2) is 0 Å². The molecule has 0 aliphatic rings. The lowest BCUT2D eigenvalue weighted by molar-refractivity contribution is -0.0791. The van der Waals surface area contributed by atoms with Crippen LogP contribution in [0.4, 0.5) is 0 Å². The summed E-state index contributed by atoms with van der Waals surface area (Å²) in [4.78, 5) is 7.73. The number of hydrogen-bond acceptors (Lipinski definition) is 9. The van der Waals surface area contributed by atoms with Gasteiger partial charge in [-0.1, -0.05) is 0 Å². The Morgan fingerprint density at radius 1 is 0.857 bits per heavy atom. The van der Waals surface area contributed by atoms with E-state index in [0.717, 1.165) is 6.20 Å². The van der Waals surface area contributed by atoms with Crippen molar-refractivity contribution in [2.75, 3.05) is 13.2 Å². The zero-order valence-electron chi connectivity index (χ0n) is 11.2. The lowest BCUT2D eigenvalue weighted by Crippen LogP contribution is -2.35. The quantitative estimate of drug-likeness (QED) is 0.257. The van der Waals surface area contributed by atoms with Gasteiger partial charge in [0.05, 0.1) is 36.9 Å². The van der Waals surface area contributed by atoms with Gasteiger partial charge in [0.15, 0.2) is 0 Å². The summed E-state index contributed by atoms with van der Waals surface area (Å²) in [6.07, 6.45) is -5.01. The van der Waals surface area contributed by atoms with E-state index in [0.29, 0.717) is 0 Å². The predicted molar refractivity (Wildman–Crippen MR) is 68.9 cm³/mol. The highest BCUT2D eigenvalue weighted by molar-refractivity contribution is 5.09. The summed E-state index contributed by atoms with van der Waals surface area (Å²) in [5, 5.41) is 65.0. The standard InChI is InChI=1S/C12H20N2O7/c15-4-9(18)8(17)1-6-2-13-3-7(14-6)11(20)12(21)10(19)5-16/h2-3,8-12,15-21H,1,4-5H2/t8-,9+,10-,11-,12-/m1/s1. The van der Waals surface area contributed by atoms with Crippen molar-refractivity contribution >= 4 is 0 Å². The van der Waals surface area contributed by atoms with E-state index in [4.69, 9.17) is 10.2 Å². The summed E-state index contributed by atoms with van der Waals surface area (Å²) in [5.74, 6) is 0. The summed E-state index contributed by atoms with van der Waals surface area (Å²) in [6.45, 7) is -1.34. The summed E-state index contributed by atoms with van der Waals surface area (Å²) >= 11 is 0. The van der Waals surface area contributed by atoms with Crippen LogP contribution in [0.25, 0.3) is 0 Å². The number of nitrogens with zero attached hydrogens (tertiary/aromatic N) is 2. The SMILES string of the molecule is OC[C@@H](O)[C@@H](O)[C@H](O)c1cncc(C[C@@H](O)[C@@H](O)CO)n1. The number of hydrogen-bond donors (Lipinski definition) is 7. The van der Waals surface area contributed by atoms with Gasteiger partial charge in [-0.3, -0.25) is 9.97 Å². The second kappa shape index (κ2) is 8.29. The van der Waals surface area contributed by atoms with Gasteiger partial charge in [0.25, 0.3) is 0 Å². The third-order valence-electron chi connectivity index (χ3n) is 2.96. The Hall–Kier alpha value is -1.20. The minimum atomic E-state index is -1.65. The van der Waals surface area contributed by atoms with Crippen molar-refractivity contribution < 1.29 is 35.7 Å². The van der Waals surface area contributed by atoms with Crippen molar-refractivity contribution in [1.82, 2.24) is 9.97 Å². The van der Waals surface area contributed by atoms with Gasteiger partial charge in [0.1, 0.15) is 24.4 Å². The maximum atomic E-state index is 9.83. The van der Waals surface area contributed by atoms with E-state index in [2.05, 4.69) is 9.97 Å². The molecule has 5 atom stereocenters. The van der Waals surface area contributed by atoms with Gasteiger partial charge in [0, 0.05) is 12.6 Å². The van der Waals surface area contributed by atoms with E-state index < -0.39 is 43.7 Å². The highest BCUT2D eigenvalue weighted by Crippen LogP contribution is 2.17. The maximum Gasteiger partial charge on any atom is 0.126 e. The van der Waals surface area contributed by atoms with Crippen LogP contribution in [0.5, 0.6) is 0 Å². The van der Waals surface area contributed by atoms with Crippen LogP contribution in [0.3, 0.4) is 0 Å². The predicted octanol–water partition coefficient (Wildman–Crippen LogP) is -3.52. The molecule has 0 aliphatic heterocycles. The van der Waals surface area contributed by atoms with Gasteiger partial charge in [-0.05, 0) is 0 Å². The van der Waals surface area contributed by atoms with Crippen LogP contribution in [0.15, 0.2) is 12.4 Å². The summed E-state index contributed by atoms with van der Waals surface area (Å²) in [6, 6.07) is 0. The molecule has 1 aromatic rings. The van der Waals surface area contributed by atoms with E-state index in [1.54, 1.807) is 0 Å². The molecule has 1 rings (SSSR count). The summed E-state index contributed by atoms with van der Waals surface area (Å²) in [7, 11) is 0. The van der Waals surface area contributed by atoms with E-state index in [1.165, 1.54) is 6.20 Å². The van der Waals surface area contributed by atoms with Crippen LogP contribution >= 0.6 is 0 Å². The van der Waals surface area contributed by atoms with Crippen LogP contribution in [-0.4, -0.2) is 83.3 Å². The fourth-order valence-electron chi connectivity index (χ4n) is 1.63. The highest BCUT2D eigenvalue weighted by Gasteiger charge is 2.27. The molecule has 0 spiro atoms. The zero-order chi connectivity index (χ0) is 16.0. The topological polar surface area (TPSA) is 167 Å². The van der Waals surface area contributed by atoms with Crippen molar-refractivity contribution in [3.63, 3.8) is 0 Å². The van der Waals surface area contributed by atoms with E-state index in [-0.39, 0.29) is 17.8 Å². The van der Waals surface area contributed by atoms with E-state index in [1.807, 2.05) is 0 Å². The molecule has 0 aliphatic carbocycles. The Balaban J connectivity index is 2.80. The largest absolute Gasteiger partial charge is 0.394 e. The molecular weight excluding hydrogens is 284 g/mol. The van der Waals surface area contributed by atoms with Crippen molar-refractivity contribution in [2.24, 2.45) is 0 Å². The Bertz CT molecular complexity index is 434. The van der Waals surface area contributed by atoms with Crippen LogP contribution in [0.1, 0.15) is 17.5 Å². The van der Waals surface area contributed by atoms with Gasteiger partial charge < -0.3 is 35.7 Å². The fourth-order valence-corrected chi connectivity index (χ4v) is 1.63. The van der Waals surface area contributed by atoms with Crippen molar-refractivity contribution in [3.05, 3.63) is 23.8 Å². The molecule has 0 unspecified atom stereocenters. The van der Waals surface area contributed by atoms with E-state index in [9.17, 15) is 25.5 Å². The molecule has 0 saturated carbocycles. The first-order valence-corrected chi connectivity index (χ1v) is 6.33. The van der Waals surface area contributed by atoms with Crippen molar-refractivity contribution in [3.8, 4) is 0 Å². The third-order valence-corrected chi connectivity index (χ3v) is 2.96. The second-order valence-electron chi connectivity index (χ2n) is 4.64. The van der Waals surface area contributed by atoms with Crippen molar-refractivity contribution in [2.45, 2.75) is 36.9 Å². The molecule has 1 aromatic heterocycles. The van der Waals surface area contributed by atoms with Gasteiger partial charge in [-0.2, -0.15) is 0 Å². The molecule has 0 amide bonds. The zero-order valence-corrected chi connectivity index (χ0v) is 11.2. The molecule has 120 valence electrons. The van der Waals surface area contributed by atoms with Gasteiger partial charge in [-0.15, -0.1) is 0 Å². The maximum absolute atomic E-state index is 9.83. The van der Waals surface area contributed by atoms with Crippen LogP contribution in [0, 0.1) is 0 Å². The van der Waals surface area contributed by atoms with Crippen LogP contribution in [0.2, 0.25) is 0 Å². The molecule has 21 heavy (non-hydrogen) atoms. The lowest BCUT2D eigenvalue weighted by atomic mass is 10.1. The van der Waals surface area contributed by atoms with Gasteiger partial charge in [0.2, 0.25) is 0 Å². The normalized spacial score (nSPS) is 18.8. The molecule has 9 nitrogen and oxygen atoms in total. The lowest BCUT2D eigenvalue weighted by Gasteiger charge is -2.21. The number of rotatable bonds is 8. The average molecular weight is 304 g/mol. The minimum absolute atomic E-state index is 0.0572.